The van der Waals surface area contributed by atoms with E-state index in [0.717, 1.165) is 42.2 Å². The highest BCUT2D eigenvalue weighted by Gasteiger charge is 2.22. The quantitative estimate of drug-likeness (QED) is 0.890. The third kappa shape index (κ3) is 2.75. The topological polar surface area (TPSA) is 67.1 Å². The fourth-order valence-electron chi connectivity index (χ4n) is 2.39. The number of halogens is 2. The summed E-state index contributed by atoms with van der Waals surface area (Å²) in [6.45, 7) is 1.71. The minimum Gasteiger partial charge on any atom is -0.372 e. The maximum atomic E-state index is 6.02. The highest BCUT2D eigenvalue weighted by molar-refractivity contribution is 6.31. The molecule has 1 saturated heterocycles. The Balaban J connectivity index is 0.00000147. The average molecular weight is 314 g/mol. The second-order valence-corrected chi connectivity index (χ2v) is 5.21. The maximum Gasteiger partial charge on any atom is 0.227 e. The van der Waals surface area contributed by atoms with E-state index >= 15 is 0 Å². The lowest BCUT2D eigenvalue weighted by atomic mass is 10.2. The minimum absolute atomic E-state index is 0. The van der Waals surface area contributed by atoms with Crippen LogP contribution >= 0.6 is 24.0 Å². The van der Waals surface area contributed by atoms with Gasteiger partial charge >= 0.3 is 0 Å². The number of nitrogens with one attached hydrogen (secondary N) is 1. The van der Waals surface area contributed by atoms with Gasteiger partial charge in [-0.1, -0.05) is 11.6 Å². The summed E-state index contributed by atoms with van der Waals surface area (Å²) >= 11 is 6.02. The summed E-state index contributed by atoms with van der Waals surface area (Å²) in [7, 11) is 1.85. The number of anilines is 2. The lowest BCUT2D eigenvalue weighted by Gasteiger charge is -2.17. The zero-order chi connectivity index (χ0) is 13.4. The second-order valence-electron chi connectivity index (χ2n) is 4.78. The smallest absolute Gasteiger partial charge is 0.227 e. The minimum atomic E-state index is 0. The summed E-state index contributed by atoms with van der Waals surface area (Å²) < 4.78 is 0. The lowest BCUT2D eigenvalue weighted by molar-refractivity contribution is 0.750. The second kappa shape index (κ2) is 5.99. The molecular formula is C13H17Cl2N5. The van der Waals surface area contributed by atoms with E-state index in [9.17, 15) is 0 Å². The summed E-state index contributed by atoms with van der Waals surface area (Å²) in [4.78, 5) is 11.3. The zero-order valence-corrected chi connectivity index (χ0v) is 12.7. The van der Waals surface area contributed by atoms with Crippen molar-refractivity contribution in [2.45, 2.75) is 12.5 Å². The molecule has 1 atom stereocenters. The van der Waals surface area contributed by atoms with E-state index in [1.807, 2.05) is 25.2 Å². The van der Waals surface area contributed by atoms with Gasteiger partial charge in [0.2, 0.25) is 5.95 Å². The van der Waals surface area contributed by atoms with Crippen LogP contribution in [0.2, 0.25) is 5.02 Å². The van der Waals surface area contributed by atoms with Crippen molar-refractivity contribution < 1.29 is 0 Å². The molecule has 1 aromatic heterocycles. The SMILES string of the molecule is CNc1nc(N2CC[C@H](N)C2)nc2ccc(Cl)cc12.Cl. The van der Waals surface area contributed by atoms with Crippen LogP contribution in [0.25, 0.3) is 10.9 Å². The molecule has 0 amide bonds. The number of nitrogens with two attached hydrogens (primary N) is 1. The summed E-state index contributed by atoms with van der Waals surface area (Å²) in [5, 5.41) is 4.72. The fraction of sp³-hybridized carbons (Fsp3) is 0.385. The van der Waals surface area contributed by atoms with Crippen molar-refractivity contribution in [1.29, 1.82) is 0 Å². The van der Waals surface area contributed by atoms with Crippen LogP contribution in [0.5, 0.6) is 0 Å². The summed E-state index contributed by atoms with van der Waals surface area (Å²) in [5.74, 6) is 1.52. The molecule has 0 aliphatic carbocycles. The van der Waals surface area contributed by atoms with E-state index in [4.69, 9.17) is 17.3 Å². The Morgan fingerprint density at radius 2 is 2.20 bits per heavy atom. The van der Waals surface area contributed by atoms with Crippen LogP contribution in [0.4, 0.5) is 11.8 Å². The third-order valence-corrected chi connectivity index (χ3v) is 3.63. The first-order valence-corrected chi connectivity index (χ1v) is 6.71. The number of hydrogen-bond acceptors (Lipinski definition) is 5. The predicted octanol–water partition coefficient (Wildman–Crippen LogP) is 2.28. The van der Waals surface area contributed by atoms with Gasteiger partial charge in [-0.15, -0.1) is 12.4 Å². The Kier molecular flexibility index (Phi) is 4.52. The summed E-state index contributed by atoms with van der Waals surface area (Å²) in [5.41, 5.74) is 6.82. The molecule has 3 N–H and O–H groups in total. The van der Waals surface area contributed by atoms with Gasteiger partial charge in [-0.05, 0) is 24.6 Å². The van der Waals surface area contributed by atoms with Gasteiger partial charge < -0.3 is 16.0 Å². The van der Waals surface area contributed by atoms with Crippen molar-refractivity contribution >= 4 is 46.7 Å². The molecule has 1 aliphatic rings. The molecule has 20 heavy (non-hydrogen) atoms. The predicted molar refractivity (Wildman–Crippen MR) is 86.1 cm³/mol. The highest BCUT2D eigenvalue weighted by atomic mass is 35.5. The number of benzene rings is 1. The third-order valence-electron chi connectivity index (χ3n) is 3.39. The largest absolute Gasteiger partial charge is 0.372 e. The van der Waals surface area contributed by atoms with Crippen molar-refractivity contribution in [2.75, 3.05) is 30.4 Å². The monoisotopic (exact) mass is 313 g/mol. The molecule has 1 fully saturated rings. The fourth-order valence-corrected chi connectivity index (χ4v) is 2.56. The number of hydrogen-bond donors (Lipinski definition) is 2. The van der Waals surface area contributed by atoms with Gasteiger partial charge in [0.15, 0.2) is 0 Å². The highest BCUT2D eigenvalue weighted by Crippen LogP contribution is 2.27. The Morgan fingerprint density at radius 1 is 1.40 bits per heavy atom. The van der Waals surface area contributed by atoms with E-state index in [2.05, 4.69) is 20.2 Å². The molecule has 2 heterocycles. The van der Waals surface area contributed by atoms with E-state index < -0.39 is 0 Å². The van der Waals surface area contributed by atoms with Crippen molar-refractivity contribution in [3.8, 4) is 0 Å². The molecule has 0 radical (unpaired) electrons. The lowest BCUT2D eigenvalue weighted by Crippen LogP contribution is -2.27. The first-order valence-electron chi connectivity index (χ1n) is 6.33. The Bertz CT molecular complexity index is 619. The van der Waals surface area contributed by atoms with Crippen LogP contribution in [-0.2, 0) is 0 Å². The summed E-state index contributed by atoms with van der Waals surface area (Å²) in [6, 6.07) is 5.85. The Hall–Kier alpha value is -1.30. The van der Waals surface area contributed by atoms with E-state index in [0.29, 0.717) is 5.02 Å². The molecule has 0 spiro atoms. The summed E-state index contributed by atoms with van der Waals surface area (Å²) in [6.07, 6.45) is 0.983. The Labute approximate surface area is 128 Å². The van der Waals surface area contributed by atoms with E-state index in [-0.39, 0.29) is 18.4 Å². The average Bonchev–Trinajstić information content (AvgIpc) is 2.84. The van der Waals surface area contributed by atoms with Gasteiger partial charge in [0, 0.05) is 36.6 Å². The first-order chi connectivity index (χ1) is 9.17. The molecule has 7 heteroatoms. The van der Waals surface area contributed by atoms with Gasteiger partial charge in [-0.25, -0.2) is 4.98 Å². The van der Waals surface area contributed by atoms with Crippen molar-refractivity contribution in [2.24, 2.45) is 5.73 Å². The molecular weight excluding hydrogens is 297 g/mol. The molecule has 3 rings (SSSR count). The van der Waals surface area contributed by atoms with E-state index in [1.165, 1.54) is 0 Å². The number of aromatic nitrogens is 2. The van der Waals surface area contributed by atoms with Crippen molar-refractivity contribution in [1.82, 2.24) is 9.97 Å². The van der Waals surface area contributed by atoms with Crippen LogP contribution < -0.4 is 16.0 Å². The Morgan fingerprint density at radius 3 is 2.85 bits per heavy atom. The van der Waals surface area contributed by atoms with E-state index in [1.54, 1.807) is 0 Å². The van der Waals surface area contributed by atoms with Gasteiger partial charge in [0.1, 0.15) is 5.82 Å². The molecule has 1 aliphatic heterocycles. The van der Waals surface area contributed by atoms with Gasteiger partial charge in [-0.2, -0.15) is 4.98 Å². The zero-order valence-electron chi connectivity index (χ0n) is 11.1. The molecule has 2 aromatic rings. The van der Waals surface area contributed by atoms with Crippen LogP contribution in [0.3, 0.4) is 0 Å². The van der Waals surface area contributed by atoms with Crippen LogP contribution in [-0.4, -0.2) is 36.1 Å². The molecule has 5 nitrogen and oxygen atoms in total. The molecule has 0 saturated carbocycles. The van der Waals surface area contributed by atoms with Crippen molar-refractivity contribution in [3.05, 3.63) is 23.2 Å². The standard InChI is InChI=1S/C13H16ClN5.ClH/c1-16-12-10-6-8(14)2-3-11(10)17-13(18-12)19-5-4-9(15)7-19;/h2-3,6,9H,4-5,7,15H2,1H3,(H,16,17,18);1H/t9-;/m0./s1. The van der Waals surface area contributed by atoms with Gasteiger partial charge in [-0.3, -0.25) is 0 Å². The van der Waals surface area contributed by atoms with Crippen LogP contribution in [0, 0.1) is 0 Å². The number of fused-ring (bicyclic) bond motifs is 1. The number of nitrogens with zero attached hydrogens (tertiary/aromatic N) is 3. The van der Waals surface area contributed by atoms with Crippen LogP contribution in [0.15, 0.2) is 18.2 Å². The van der Waals surface area contributed by atoms with Crippen molar-refractivity contribution in [3.63, 3.8) is 0 Å². The maximum absolute atomic E-state index is 6.02. The molecule has 0 bridgehead atoms. The molecule has 0 unspecified atom stereocenters. The van der Waals surface area contributed by atoms with Crippen LogP contribution in [0.1, 0.15) is 6.42 Å². The number of rotatable bonds is 2. The molecule has 1 aromatic carbocycles. The normalized spacial score (nSPS) is 18.1. The first kappa shape index (κ1) is 15.1. The van der Waals surface area contributed by atoms with Gasteiger partial charge in [0.25, 0.3) is 0 Å². The van der Waals surface area contributed by atoms with Gasteiger partial charge in [0.05, 0.1) is 5.52 Å². The molecule has 108 valence electrons.